The smallest absolute Gasteiger partial charge is 0.246 e. The van der Waals surface area contributed by atoms with E-state index in [1.54, 1.807) is 12.1 Å². The fourth-order valence-corrected chi connectivity index (χ4v) is 4.81. The summed E-state index contributed by atoms with van der Waals surface area (Å²) in [6.07, 6.45) is -9.94. The van der Waals surface area contributed by atoms with Gasteiger partial charge in [-0.1, -0.05) is 54.1 Å². The molecule has 0 spiro atoms. The third kappa shape index (κ3) is 4.52. The fourth-order valence-electron chi connectivity index (χ4n) is 4.81. The molecule has 0 aliphatic heterocycles. The van der Waals surface area contributed by atoms with Gasteiger partial charge in [-0.05, 0) is 55.5 Å². The molecule has 0 saturated heterocycles. The van der Waals surface area contributed by atoms with Gasteiger partial charge in [-0.3, -0.25) is 0 Å². The molecule has 188 valence electrons. The van der Waals surface area contributed by atoms with E-state index in [9.17, 15) is 26.3 Å². The van der Waals surface area contributed by atoms with Crippen molar-refractivity contribution in [2.24, 2.45) is 9.98 Å². The molecule has 0 aromatic heterocycles. The first-order valence-corrected chi connectivity index (χ1v) is 11.4. The molecular formula is C29H20F6N2. The lowest BCUT2D eigenvalue weighted by Gasteiger charge is -2.13. The zero-order chi connectivity index (χ0) is 26.7. The molecule has 0 radical (unpaired) electrons. The first kappa shape index (κ1) is 24.7. The largest absolute Gasteiger partial charge is 0.416 e. The second-order valence-corrected chi connectivity index (χ2v) is 9.14. The molecule has 0 bridgehead atoms. The van der Waals surface area contributed by atoms with Crippen molar-refractivity contribution >= 4 is 33.6 Å². The summed E-state index contributed by atoms with van der Waals surface area (Å²) in [5, 5.41) is 1.67. The van der Waals surface area contributed by atoms with Crippen molar-refractivity contribution in [3.05, 3.63) is 106 Å². The third-order valence-electron chi connectivity index (χ3n) is 6.31. The lowest BCUT2D eigenvalue weighted by Crippen LogP contribution is -2.12. The van der Waals surface area contributed by atoms with Gasteiger partial charge in [-0.25, -0.2) is 9.98 Å². The predicted octanol–water partition coefficient (Wildman–Crippen LogP) is 9.06. The predicted molar refractivity (Wildman–Crippen MR) is 133 cm³/mol. The van der Waals surface area contributed by atoms with Gasteiger partial charge in [0, 0.05) is 16.5 Å². The fraction of sp³-hybridized carbons (Fsp3) is 0.172. The standard InChI is InChI=1S/C29H20F6N2/c1-15-10-16(2)25(17(3)11-15)37-27-23-9-5-7-18-6-4-8-22(24(18)23)26(27)36-21-13-19(28(30,31)32)12-20(14-21)29(33,34)35/h4-14H,1-3H3. The van der Waals surface area contributed by atoms with Crippen molar-refractivity contribution < 1.29 is 26.3 Å². The van der Waals surface area contributed by atoms with E-state index in [1.165, 1.54) is 0 Å². The van der Waals surface area contributed by atoms with E-state index in [0.717, 1.165) is 27.5 Å². The zero-order valence-corrected chi connectivity index (χ0v) is 20.0. The highest BCUT2D eigenvalue weighted by atomic mass is 19.4. The van der Waals surface area contributed by atoms with E-state index in [4.69, 9.17) is 4.99 Å². The van der Waals surface area contributed by atoms with E-state index in [1.807, 2.05) is 57.2 Å². The number of hydrogen-bond donors (Lipinski definition) is 0. The highest BCUT2D eigenvalue weighted by Crippen LogP contribution is 2.40. The highest BCUT2D eigenvalue weighted by Gasteiger charge is 2.37. The first-order chi connectivity index (χ1) is 17.3. The number of hydrogen-bond acceptors (Lipinski definition) is 2. The Kier molecular flexibility index (Phi) is 5.73. The van der Waals surface area contributed by atoms with Crippen LogP contribution in [0.5, 0.6) is 0 Å². The van der Waals surface area contributed by atoms with Crippen LogP contribution >= 0.6 is 0 Å². The topological polar surface area (TPSA) is 24.7 Å². The Balaban J connectivity index is 1.81. The Labute approximate surface area is 209 Å². The average Bonchev–Trinajstić information content (AvgIpc) is 3.09. The highest BCUT2D eigenvalue weighted by molar-refractivity contribution is 6.61. The molecule has 0 fully saturated rings. The van der Waals surface area contributed by atoms with Gasteiger partial charge in [0.25, 0.3) is 0 Å². The zero-order valence-electron chi connectivity index (χ0n) is 20.0. The maximum atomic E-state index is 13.5. The molecule has 0 unspecified atom stereocenters. The molecule has 0 saturated carbocycles. The van der Waals surface area contributed by atoms with E-state index in [2.05, 4.69) is 4.99 Å². The van der Waals surface area contributed by atoms with E-state index in [0.29, 0.717) is 34.7 Å². The van der Waals surface area contributed by atoms with Gasteiger partial charge < -0.3 is 0 Å². The van der Waals surface area contributed by atoms with Gasteiger partial charge in [0.2, 0.25) is 0 Å². The van der Waals surface area contributed by atoms with Crippen LogP contribution in [0.15, 0.2) is 76.7 Å². The molecule has 37 heavy (non-hydrogen) atoms. The number of nitrogens with zero attached hydrogens (tertiary/aromatic N) is 2. The van der Waals surface area contributed by atoms with Crippen LogP contribution in [0.25, 0.3) is 10.8 Å². The SMILES string of the molecule is Cc1cc(C)c(N=C2C(=Nc3cc(C(F)(F)F)cc(C(F)(F)F)c3)c3cccc4cccc2c34)c(C)c1. The summed E-state index contributed by atoms with van der Waals surface area (Å²) < 4.78 is 81.0. The quantitative estimate of drug-likeness (QED) is 0.240. The van der Waals surface area contributed by atoms with Gasteiger partial charge in [0.1, 0.15) is 0 Å². The monoisotopic (exact) mass is 510 g/mol. The summed E-state index contributed by atoms with van der Waals surface area (Å²) in [7, 11) is 0. The van der Waals surface area contributed by atoms with Crippen LogP contribution in [0.1, 0.15) is 38.9 Å². The Bertz CT molecular complexity index is 1560. The van der Waals surface area contributed by atoms with Crippen LogP contribution < -0.4 is 0 Å². The molecule has 1 aliphatic carbocycles. The number of aryl methyl sites for hydroxylation is 3. The Morgan fingerprint density at radius 1 is 0.595 bits per heavy atom. The second-order valence-electron chi connectivity index (χ2n) is 9.14. The summed E-state index contributed by atoms with van der Waals surface area (Å²) in [6.45, 7) is 5.77. The van der Waals surface area contributed by atoms with E-state index < -0.39 is 29.2 Å². The van der Waals surface area contributed by atoms with Crippen molar-refractivity contribution in [3.63, 3.8) is 0 Å². The molecule has 4 aromatic rings. The van der Waals surface area contributed by atoms with Gasteiger partial charge in [-0.15, -0.1) is 0 Å². The first-order valence-electron chi connectivity index (χ1n) is 11.4. The molecule has 0 atom stereocenters. The summed E-state index contributed by atoms with van der Waals surface area (Å²) >= 11 is 0. The minimum atomic E-state index is -4.97. The molecule has 2 nitrogen and oxygen atoms in total. The molecule has 0 heterocycles. The number of rotatable bonds is 2. The lowest BCUT2D eigenvalue weighted by molar-refractivity contribution is -0.143. The maximum Gasteiger partial charge on any atom is 0.416 e. The molecule has 0 amide bonds. The van der Waals surface area contributed by atoms with Crippen LogP contribution in [-0.2, 0) is 12.4 Å². The van der Waals surface area contributed by atoms with E-state index >= 15 is 0 Å². The van der Waals surface area contributed by atoms with Crippen LogP contribution in [0, 0.1) is 20.8 Å². The number of aliphatic imine (C=N–C) groups is 2. The number of halogens is 6. The molecule has 0 N–H and O–H groups in total. The minimum absolute atomic E-state index is 0.0990. The van der Waals surface area contributed by atoms with Crippen molar-refractivity contribution in [1.82, 2.24) is 0 Å². The van der Waals surface area contributed by atoms with Gasteiger partial charge in [0.05, 0.1) is 33.9 Å². The van der Waals surface area contributed by atoms with Crippen LogP contribution in [0.4, 0.5) is 37.7 Å². The van der Waals surface area contributed by atoms with Crippen molar-refractivity contribution in [3.8, 4) is 0 Å². The second kappa shape index (κ2) is 8.57. The molecule has 1 aliphatic rings. The number of benzene rings is 4. The Morgan fingerprint density at radius 2 is 1.08 bits per heavy atom. The summed E-state index contributed by atoms with van der Waals surface area (Å²) in [6, 6.07) is 16.3. The van der Waals surface area contributed by atoms with Gasteiger partial charge >= 0.3 is 12.4 Å². The normalized spacial score (nSPS) is 15.8. The number of alkyl halides is 6. The van der Waals surface area contributed by atoms with E-state index in [-0.39, 0.29) is 11.8 Å². The van der Waals surface area contributed by atoms with Crippen molar-refractivity contribution in [2.45, 2.75) is 33.1 Å². The molecular weight excluding hydrogens is 490 g/mol. The van der Waals surface area contributed by atoms with Crippen LogP contribution in [-0.4, -0.2) is 11.4 Å². The van der Waals surface area contributed by atoms with Crippen LogP contribution in [0.3, 0.4) is 0 Å². The summed E-state index contributed by atoms with van der Waals surface area (Å²) in [5.41, 5.74) is 2.16. The van der Waals surface area contributed by atoms with Gasteiger partial charge in [0.15, 0.2) is 0 Å². The maximum absolute atomic E-state index is 13.5. The minimum Gasteiger partial charge on any atom is -0.246 e. The van der Waals surface area contributed by atoms with Crippen molar-refractivity contribution in [2.75, 3.05) is 0 Å². The van der Waals surface area contributed by atoms with Crippen LogP contribution in [0.2, 0.25) is 0 Å². The third-order valence-corrected chi connectivity index (χ3v) is 6.31. The average molecular weight is 510 g/mol. The summed E-state index contributed by atoms with van der Waals surface area (Å²) in [5.74, 6) is 0. The Hall–Kier alpha value is -3.94. The van der Waals surface area contributed by atoms with Gasteiger partial charge in [-0.2, -0.15) is 26.3 Å². The summed E-state index contributed by atoms with van der Waals surface area (Å²) in [4.78, 5) is 9.29. The van der Waals surface area contributed by atoms with Crippen molar-refractivity contribution in [1.29, 1.82) is 0 Å². The lowest BCUT2D eigenvalue weighted by atomic mass is 10.0. The Morgan fingerprint density at radius 3 is 1.57 bits per heavy atom. The molecule has 5 rings (SSSR count). The molecule has 4 aromatic carbocycles. The molecule has 8 heteroatoms.